The first-order chi connectivity index (χ1) is 42.9. The number of hydrogen-bond donors (Lipinski definition) is 7. The first kappa shape index (κ1) is 74.1. The van der Waals surface area contributed by atoms with Crippen molar-refractivity contribution in [2.24, 2.45) is 23.5 Å². The highest BCUT2D eigenvalue weighted by atomic mass is 79.9. The van der Waals surface area contributed by atoms with Crippen LogP contribution in [-0.2, 0) is 86.2 Å². The van der Waals surface area contributed by atoms with Gasteiger partial charge in [-0.15, -0.1) is 0 Å². The minimum atomic E-state index is -0.915. The molecule has 8 N–H and O–H groups in total. The van der Waals surface area contributed by atoms with E-state index in [1.165, 1.54) is 19.1 Å². The van der Waals surface area contributed by atoms with E-state index in [2.05, 4.69) is 55.5 Å². The number of nitrogens with one attached hydrogen (secondary N) is 5. The average molecular weight is 1320 g/mol. The summed E-state index contributed by atoms with van der Waals surface area (Å²) in [6, 6.07) is 12.2. The fourth-order valence-corrected chi connectivity index (χ4v) is 10.8. The number of benzene rings is 2. The lowest BCUT2D eigenvalue weighted by molar-refractivity contribution is -0.144. The van der Waals surface area contributed by atoms with E-state index in [0.29, 0.717) is 62.3 Å². The molecule has 3 heterocycles. The van der Waals surface area contributed by atoms with Gasteiger partial charge in [-0.25, -0.2) is 9.59 Å². The molecule has 3 fully saturated rings. The second-order valence-corrected chi connectivity index (χ2v) is 24.4. The molecule has 5 rings (SSSR count). The summed E-state index contributed by atoms with van der Waals surface area (Å²) < 4.78 is 39.9. The van der Waals surface area contributed by atoms with Gasteiger partial charge in [0.2, 0.25) is 17.7 Å². The number of allylic oxidation sites excluding steroid dienone is 2. The molecule has 3 aliphatic rings. The summed E-state index contributed by atoms with van der Waals surface area (Å²) in [4.78, 5) is 113. The number of aliphatic hydroxyl groups is 1. The van der Waals surface area contributed by atoms with Crippen molar-refractivity contribution in [2.75, 3.05) is 56.8 Å². The van der Waals surface area contributed by atoms with Crippen LogP contribution in [0.2, 0.25) is 0 Å². The Kier molecular flexibility index (Phi) is 31.5. The summed E-state index contributed by atoms with van der Waals surface area (Å²) in [6.45, 7) is 14.6. The fourth-order valence-electron chi connectivity index (χ4n) is 10.6. The predicted molar refractivity (Wildman–Crippen MR) is 339 cm³/mol. The molecular weight excluding hydrogens is 1230 g/mol. The Labute approximate surface area is 536 Å². The van der Waals surface area contributed by atoms with E-state index in [-0.39, 0.29) is 136 Å². The zero-order chi connectivity index (χ0) is 65.8. The van der Waals surface area contributed by atoms with Crippen LogP contribution < -0.4 is 32.3 Å². The zero-order valence-electron chi connectivity index (χ0n) is 52.9. The number of alkyl halides is 1. The number of carbonyl (C=O) groups is 9. The summed E-state index contributed by atoms with van der Waals surface area (Å²) in [5, 5.41) is 25.2. The van der Waals surface area contributed by atoms with Crippen molar-refractivity contribution in [1.29, 1.82) is 0 Å². The van der Waals surface area contributed by atoms with E-state index in [0.717, 1.165) is 17.6 Å². The highest BCUT2D eigenvalue weighted by Gasteiger charge is 2.58. The highest BCUT2D eigenvalue weighted by molar-refractivity contribution is 9.09. The molecule has 0 bridgehead atoms. The lowest BCUT2D eigenvalue weighted by Gasteiger charge is -2.39. The number of epoxide rings is 1. The van der Waals surface area contributed by atoms with Gasteiger partial charge in [0.15, 0.2) is 5.78 Å². The number of rotatable bonds is 38. The summed E-state index contributed by atoms with van der Waals surface area (Å²) in [5.41, 5.74) is 8.14. The maximum atomic E-state index is 13.8. The van der Waals surface area contributed by atoms with E-state index >= 15 is 0 Å². The molecule has 2 aromatic rings. The number of amides is 6. The van der Waals surface area contributed by atoms with Gasteiger partial charge >= 0.3 is 18.1 Å². The monoisotopic (exact) mass is 1320 g/mol. The van der Waals surface area contributed by atoms with Crippen molar-refractivity contribution in [2.45, 2.75) is 180 Å². The summed E-state index contributed by atoms with van der Waals surface area (Å²) >= 11 is 3.07. The third kappa shape index (κ3) is 27.0. The van der Waals surface area contributed by atoms with Gasteiger partial charge in [0.25, 0.3) is 0 Å². The van der Waals surface area contributed by atoms with Crippen molar-refractivity contribution < 1.29 is 81.4 Å². The molecule has 24 heteroatoms. The Morgan fingerprint density at radius 3 is 2.20 bits per heavy atom. The van der Waals surface area contributed by atoms with Crippen LogP contribution in [0.1, 0.15) is 123 Å². The standard InChI is InChI=1S/C66H93BrN6O17/c1-41(2)54(36-52(76)26-29-84-31-32-85-30-28-69-61(79)38-67)63(81)73-55(9-8-27-70-64(68)82)57(77)34-48-13-15-49(16-14-48)39-86-65(83)71-50-20-17-47(18-21-50)19-22-51(75)35-53-37-66(40-87-66)62(80)59(90-53)24-11-42(3)10-23-58-43(4)33-56(45(6)89-58)72-60(78)25-12-44(5)88-46(7)74/h10-18,20-21,24-25,41,43-45,53-56,58-59,62,80H,8-9,19,22-23,26-40H2,1-7H3,(H,69,79)(H,71,83)(H,72,78)(H,73,81)(H3,68,70,82)/b24-11+,25-12-,42-10+/t43-,44-,45+,53+,54+,55+,56+,58-,59+,62+,66+/m0/s1. The van der Waals surface area contributed by atoms with E-state index in [1.807, 2.05) is 52.0 Å². The number of hydrogen-bond acceptors (Lipinski definition) is 17. The Hall–Kier alpha value is -6.67. The largest absolute Gasteiger partial charge is 0.459 e. The Morgan fingerprint density at radius 1 is 0.844 bits per heavy atom. The molecule has 2 aromatic carbocycles. The van der Waals surface area contributed by atoms with Gasteiger partial charge in [-0.3, -0.25) is 38.9 Å². The minimum absolute atomic E-state index is 0.00551. The molecule has 1 spiro atoms. The van der Waals surface area contributed by atoms with Gasteiger partial charge < -0.3 is 65.3 Å². The maximum Gasteiger partial charge on any atom is 0.411 e. The molecule has 11 atom stereocenters. The van der Waals surface area contributed by atoms with Crippen LogP contribution in [0.4, 0.5) is 15.3 Å². The summed E-state index contributed by atoms with van der Waals surface area (Å²) in [5.74, 6) is -2.48. The Balaban J connectivity index is 1.01. The van der Waals surface area contributed by atoms with Gasteiger partial charge in [-0.2, -0.15) is 0 Å². The SMILES string of the molecule is CC(=O)O[C@@H](C)/C=C\C(=O)N[C@@H]1C[C@H](C)[C@H](C/C=C(C)/C=C/[C@H]2O[C@H](CC(=O)CCc3ccc(NC(=O)OCc4ccc(CC(=O)[C@@H](CCCNC(N)=O)NC(=O)[C@H](CC(=O)CCOCCOCCNC(=O)CBr)C(C)C)cc4)cc3)C[C@@]3(CO3)[C@@H]2O)O[C@@H]1C. The van der Waals surface area contributed by atoms with Gasteiger partial charge in [0.1, 0.15) is 42.1 Å². The third-order valence-electron chi connectivity index (χ3n) is 15.9. The smallest absolute Gasteiger partial charge is 0.411 e. The number of Topliss-reactive ketones (excluding diaryl/α,β-unsaturated/α-hetero) is 3. The first-order valence-electron chi connectivity index (χ1n) is 31.0. The van der Waals surface area contributed by atoms with Gasteiger partial charge in [-0.1, -0.05) is 96.9 Å². The first-order valence-corrected chi connectivity index (χ1v) is 32.2. The molecule has 3 aliphatic heterocycles. The highest BCUT2D eigenvalue weighted by Crippen LogP contribution is 2.43. The number of anilines is 1. The van der Waals surface area contributed by atoms with E-state index < -0.39 is 66.0 Å². The predicted octanol–water partition coefficient (Wildman–Crippen LogP) is 6.52. The quantitative estimate of drug-likeness (QED) is 0.00939. The number of urea groups is 1. The maximum absolute atomic E-state index is 13.8. The minimum Gasteiger partial charge on any atom is -0.459 e. The van der Waals surface area contributed by atoms with Crippen molar-refractivity contribution in [1.82, 2.24) is 21.3 Å². The number of ketones is 3. The second-order valence-electron chi connectivity index (χ2n) is 23.8. The van der Waals surface area contributed by atoms with E-state index in [9.17, 15) is 48.3 Å². The van der Waals surface area contributed by atoms with Crippen molar-refractivity contribution in [3.8, 4) is 0 Å². The average Bonchev–Trinajstić information content (AvgIpc) is 1.61. The number of aliphatic hydroxyl groups excluding tert-OH is 1. The van der Waals surface area contributed by atoms with Gasteiger partial charge in [0, 0.05) is 76.2 Å². The Bertz CT molecular complexity index is 2790. The van der Waals surface area contributed by atoms with Crippen LogP contribution in [0.3, 0.4) is 0 Å². The molecular formula is C66H93BrN6O17. The van der Waals surface area contributed by atoms with Crippen LogP contribution in [0.25, 0.3) is 0 Å². The van der Waals surface area contributed by atoms with Crippen molar-refractivity contribution in [3.05, 3.63) is 101 Å². The number of esters is 1. The van der Waals surface area contributed by atoms with Crippen LogP contribution in [-0.4, -0.2) is 164 Å². The molecule has 0 saturated carbocycles. The molecule has 23 nitrogen and oxygen atoms in total. The van der Waals surface area contributed by atoms with Crippen molar-refractivity contribution >= 4 is 74.8 Å². The Morgan fingerprint density at radius 2 is 1.53 bits per heavy atom. The van der Waals surface area contributed by atoms with E-state index in [4.69, 9.17) is 38.9 Å². The molecule has 6 amide bonds. The number of nitrogens with two attached hydrogens (primary N) is 1. The molecule has 0 aliphatic carbocycles. The molecule has 0 aromatic heterocycles. The van der Waals surface area contributed by atoms with Crippen LogP contribution in [0, 0.1) is 17.8 Å². The molecule has 496 valence electrons. The summed E-state index contributed by atoms with van der Waals surface area (Å²) in [6.07, 6.45) is 8.46. The molecule has 3 saturated heterocycles. The van der Waals surface area contributed by atoms with Crippen LogP contribution in [0.15, 0.2) is 84.5 Å². The molecule has 90 heavy (non-hydrogen) atoms. The van der Waals surface area contributed by atoms with Crippen LogP contribution >= 0.6 is 15.9 Å². The third-order valence-corrected chi connectivity index (χ3v) is 16.4. The number of ether oxygens (including phenoxy) is 7. The van der Waals surface area contributed by atoms with Crippen molar-refractivity contribution in [3.63, 3.8) is 0 Å². The van der Waals surface area contributed by atoms with Gasteiger partial charge in [0.05, 0.1) is 68.8 Å². The number of primary amides is 1. The van der Waals surface area contributed by atoms with E-state index in [1.54, 1.807) is 43.3 Å². The van der Waals surface area contributed by atoms with Crippen LogP contribution in [0.5, 0.6) is 0 Å². The number of aryl methyl sites for hydroxylation is 1. The zero-order valence-corrected chi connectivity index (χ0v) is 54.5. The number of carbonyl (C=O) groups excluding carboxylic acids is 9. The summed E-state index contributed by atoms with van der Waals surface area (Å²) in [7, 11) is 0. The molecule has 0 radical (unpaired) electrons. The topological polar surface area (TPSA) is 328 Å². The second kappa shape index (κ2) is 38.2. The molecule has 0 unspecified atom stereocenters. The fraction of sp³-hybridized carbons (Fsp3) is 0.591. The van der Waals surface area contributed by atoms with Gasteiger partial charge in [-0.05, 0) is 99.6 Å². The lowest BCUT2D eigenvalue weighted by Crippen LogP contribution is -2.50. The number of halogens is 1. The lowest BCUT2D eigenvalue weighted by atomic mass is 9.86. The normalized spacial score (nSPS) is 22.5.